The summed E-state index contributed by atoms with van der Waals surface area (Å²) in [7, 11) is 0. The van der Waals surface area contributed by atoms with Gasteiger partial charge in [-0.1, -0.05) is 54.1 Å². The minimum Gasteiger partial charge on any atom is -0.465 e. The van der Waals surface area contributed by atoms with Crippen LogP contribution in [0.5, 0.6) is 0 Å². The van der Waals surface area contributed by atoms with E-state index >= 15 is 4.39 Å². The maximum absolute atomic E-state index is 15.6. The fourth-order valence-electron chi connectivity index (χ4n) is 6.21. The summed E-state index contributed by atoms with van der Waals surface area (Å²) >= 11 is 0. The van der Waals surface area contributed by atoms with Crippen LogP contribution < -0.4 is 16.4 Å². The maximum Gasteiger partial charge on any atom is 0.404 e. The van der Waals surface area contributed by atoms with Gasteiger partial charge in [-0.3, -0.25) is 9.59 Å². The first kappa shape index (κ1) is 33.6. The van der Waals surface area contributed by atoms with Gasteiger partial charge in [-0.05, 0) is 80.5 Å². The van der Waals surface area contributed by atoms with Gasteiger partial charge in [0.2, 0.25) is 5.91 Å². The van der Waals surface area contributed by atoms with Crippen LogP contribution in [0, 0.1) is 18.7 Å². The summed E-state index contributed by atoms with van der Waals surface area (Å²) in [5.74, 6) is -1.33. The summed E-state index contributed by atoms with van der Waals surface area (Å²) in [4.78, 5) is 37.4. The molecule has 9 nitrogen and oxygen atoms in total. The van der Waals surface area contributed by atoms with Gasteiger partial charge < -0.3 is 31.5 Å². The van der Waals surface area contributed by atoms with Gasteiger partial charge in [0.15, 0.2) is 0 Å². The van der Waals surface area contributed by atoms with Gasteiger partial charge in [-0.15, -0.1) is 0 Å². The quantitative estimate of drug-likeness (QED) is 0.162. The maximum atomic E-state index is 15.6. The molecule has 0 spiro atoms. The van der Waals surface area contributed by atoms with Crippen molar-refractivity contribution in [2.75, 3.05) is 26.2 Å². The first-order valence-electron chi connectivity index (χ1n) is 15.5. The van der Waals surface area contributed by atoms with Crippen molar-refractivity contribution in [1.29, 1.82) is 0 Å². The Hall–Kier alpha value is -4.28. The van der Waals surface area contributed by atoms with E-state index in [-0.39, 0.29) is 31.3 Å². The lowest BCUT2D eigenvalue weighted by Gasteiger charge is -2.43. The molecule has 0 aliphatic carbocycles. The molecule has 1 aliphatic heterocycles. The number of aliphatic hydroxyl groups is 1. The Morgan fingerprint density at radius 2 is 1.80 bits per heavy atom. The number of carboxylic acid groups (broad SMARTS) is 1. The standard InChI is InChI=1S/C35H43FN4O5/c1-24-7-2-8-27(21-24)32-29(10-3-11-30(32)36)35(45,17-6-19-39-34(43)44)28-9-5-20-40(23-28)33(42)26-15-13-25(14-16-26)22-38-18-4-12-31(37)41/h2-3,7-8,10-11,13-16,21,28,38-39,45H,4-6,9,12,17-20,22-23H2,1H3,(H2,37,41)(H,43,44)/t28-,35+/m1/s1. The van der Waals surface area contributed by atoms with Crippen LogP contribution in [0.1, 0.15) is 65.6 Å². The first-order valence-corrected chi connectivity index (χ1v) is 15.5. The Kier molecular flexibility index (Phi) is 11.7. The van der Waals surface area contributed by atoms with Crippen molar-refractivity contribution in [2.24, 2.45) is 11.7 Å². The zero-order valence-corrected chi connectivity index (χ0v) is 25.7. The predicted molar refractivity (Wildman–Crippen MR) is 171 cm³/mol. The molecule has 3 aromatic carbocycles. The normalized spacial score (nSPS) is 16.2. The van der Waals surface area contributed by atoms with Gasteiger partial charge in [-0.25, -0.2) is 9.18 Å². The molecule has 0 unspecified atom stereocenters. The molecule has 1 heterocycles. The number of amides is 3. The zero-order chi connectivity index (χ0) is 32.4. The molecule has 0 radical (unpaired) electrons. The fraction of sp³-hybridized carbons (Fsp3) is 0.400. The van der Waals surface area contributed by atoms with Crippen molar-refractivity contribution < 1.29 is 29.0 Å². The molecule has 3 amide bonds. The molecule has 1 fully saturated rings. The fourth-order valence-corrected chi connectivity index (χ4v) is 6.21. The van der Waals surface area contributed by atoms with E-state index in [2.05, 4.69) is 10.6 Å². The molecular formula is C35H43FN4O5. The monoisotopic (exact) mass is 618 g/mol. The van der Waals surface area contributed by atoms with Crippen molar-refractivity contribution in [3.63, 3.8) is 0 Å². The van der Waals surface area contributed by atoms with E-state index < -0.39 is 23.4 Å². The smallest absolute Gasteiger partial charge is 0.404 e. The highest BCUT2D eigenvalue weighted by molar-refractivity contribution is 5.94. The minimum atomic E-state index is -1.52. The number of likely N-dealkylation sites (tertiary alicyclic amines) is 1. The third-order valence-corrected chi connectivity index (χ3v) is 8.49. The van der Waals surface area contributed by atoms with Crippen molar-refractivity contribution in [3.05, 3.63) is 94.8 Å². The van der Waals surface area contributed by atoms with Crippen LogP contribution in [0.4, 0.5) is 9.18 Å². The Balaban J connectivity index is 1.56. The number of hydrogen-bond acceptors (Lipinski definition) is 5. The van der Waals surface area contributed by atoms with Gasteiger partial charge >= 0.3 is 6.09 Å². The highest BCUT2D eigenvalue weighted by atomic mass is 19.1. The summed E-state index contributed by atoms with van der Waals surface area (Å²) in [6, 6.07) is 19.5. The molecule has 0 aromatic heterocycles. The summed E-state index contributed by atoms with van der Waals surface area (Å²) in [6.45, 7) is 4.12. The number of piperidine rings is 1. The second kappa shape index (κ2) is 15.6. The van der Waals surface area contributed by atoms with Crippen LogP contribution in [0.3, 0.4) is 0 Å². The second-order valence-electron chi connectivity index (χ2n) is 11.8. The van der Waals surface area contributed by atoms with Gasteiger partial charge in [0.1, 0.15) is 5.82 Å². The average Bonchev–Trinajstić information content (AvgIpc) is 3.02. The van der Waals surface area contributed by atoms with Crippen molar-refractivity contribution >= 4 is 17.9 Å². The molecule has 2 atom stereocenters. The molecule has 0 bridgehead atoms. The second-order valence-corrected chi connectivity index (χ2v) is 11.8. The SMILES string of the molecule is Cc1cccc(-c2c(F)cccc2[C@](O)(CCCNC(=O)O)[C@@H]2CCCN(C(=O)c3ccc(CNCCCC(N)=O)cc3)C2)c1. The molecule has 0 saturated carbocycles. The molecule has 1 aliphatic rings. The molecule has 1 saturated heterocycles. The van der Waals surface area contributed by atoms with E-state index in [1.54, 1.807) is 29.2 Å². The summed E-state index contributed by atoms with van der Waals surface area (Å²) in [5.41, 5.74) is 7.55. The number of carbonyl (C=O) groups is 3. The van der Waals surface area contributed by atoms with Crippen molar-refractivity contribution in [2.45, 2.75) is 57.6 Å². The van der Waals surface area contributed by atoms with Crippen molar-refractivity contribution in [1.82, 2.24) is 15.5 Å². The molecule has 10 heteroatoms. The predicted octanol–water partition coefficient (Wildman–Crippen LogP) is 4.94. The summed E-state index contributed by atoms with van der Waals surface area (Å²) in [6.07, 6.45) is 1.64. The van der Waals surface area contributed by atoms with Gasteiger partial charge in [-0.2, -0.15) is 0 Å². The van der Waals surface area contributed by atoms with E-state index in [1.807, 2.05) is 43.3 Å². The van der Waals surface area contributed by atoms with Crippen LogP contribution in [0.2, 0.25) is 0 Å². The molecule has 3 aromatic rings. The van der Waals surface area contributed by atoms with Crippen molar-refractivity contribution in [3.8, 4) is 11.1 Å². The number of hydrogen-bond donors (Lipinski definition) is 5. The van der Waals surface area contributed by atoms with Crippen LogP contribution in [-0.2, 0) is 16.9 Å². The van der Waals surface area contributed by atoms with Crippen LogP contribution in [-0.4, -0.2) is 59.2 Å². The molecule has 4 rings (SSSR count). The lowest BCUT2D eigenvalue weighted by atomic mass is 9.72. The molecule has 6 N–H and O–H groups in total. The Morgan fingerprint density at radius 1 is 1.04 bits per heavy atom. The van der Waals surface area contributed by atoms with E-state index in [0.717, 1.165) is 11.1 Å². The lowest BCUT2D eigenvalue weighted by Crippen LogP contribution is -2.48. The van der Waals surface area contributed by atoms with Crippen LogP contribution in [0.15, 0.2) is 66.7 Å². The number of halogens is 1. The average molecular weight is 619 g/mol. The summed E-state index contributed by atoms with van der Waals surface area (Å²) < 4.78 is 15.6. The molecule has 240 valence electrons. The number of nitrogens with zero attached hydrogens (tertiary/aromatic N) is 1. The third kappa shape index (κ3) is 8.89. The van der Waals surface area contributed by atoms with E-state index in [4.69, 9.17) is 10.8 Å². The number of rotatable bonds is 14. The molecule has 45 heavy (non-hydrogen) atoms. The topological polar surface area (TPSA) is 145 Å². The van der Waals surface area contributed by atoms with E-state index in [1.165, 1.54) is 6.07 Å². The van der Waals surface area contributed by atoms with E-state index in [9.17, 15) is 19.5 Å². The highest BCUT2D eigenvalue weighted by Gasteiger charge is 2.43. The molecular weight excluding hydrogens is 575 g/mol. The van der Waals surface area contributed by atoms with Gasteiger partial charge in [0, 0.05) is 49.6 Å². The van der Waals surface area contributed by atoms with Gasteiger partial charge in [0.25, 0.3) is 5.91 Å². The lowest BCUT2D eigenvalue weighted by molar-refractivity contribution is -0.118. The first-order chi connectivity index (χ1) is 21.6. The number of benzene rings is 3. The van der Waals surface area contributed by atoms with Crippen LogP contribution in [0.25, 0.3) is 11.1 Å². The largest absolute Gasteiger partial charge is 0.465 e. The third-order valence-electron chi connectivity index (χ3n) is 8.49. The minimum absolute atomic E-state index is 0.133. The summed E-state index contributed by atoms with van der Waals surface area (Å²) in [5, 5.41) is 27.3. The number of primary amides is 1. The Labute approximate surface area is 263 Å². The number of carbonyl (C=O) groups excluding carboxylic acids is 2. The van der Waals surface area contributed by atoms with Gasteiger partial charge in [0.05, 0.1) is 5.60 Å². The number of nitrogens with two attached hydrogens (primary N) is 1. The zero-order valence-electron chi connectivity index (χ0n) is 25.7. The van der Waals surface area contributed by atoms with E-state index in [0.29, 0.717) is 74.0 Å². The Bertz CT molecular complexity index is 1480. The highest BCUT2D eigenvalue weighted by Crippen LogP contribution is 2.44. The number of aryl methyl sites for hydroxylation is 1. The number of nitrogens with one attached hydrogen (secondary N) is 2. The Morgan fingerprint density at radius 3 is 2.51 bits per heavy atom. The van der Waals surface area contributed by atoms with Crippen LogP contribution >= 0.6 is 0 Å².